The van der Waals surface area contributed by atoms with Gasteiger partial charge in [0.05, 0.1) is 0 Å². The van der Waals surface area contributed by atoms with Crippen LogP contribution in [0, 0.1) is 0 Å². The molecule has 98 valence electrons. The zero-order valence-electron chi connectivity index (χ0n) is 10.5. The van der Waals surface area contributed by atoms with Gasteiger partial charge >= 0.3 is 5.97 Å². The van der Waals surface area contributed by atoms with E-state index in [0.717, 1.165) is 0 Å². The molecule has 0 aliphatic carbocycles. The minimum Gasteiger partial charge on any atom is -0.768 e. The van der Waals surface area contributed by atoms with Crippen LogP contribution in [0.25, 0.3) is 6.08 Å². The third-order valence-corrected chi connectivity index (χ3v) is 2.51. The lowest BCUT2D eigenvalue weighted by atomic mass is 10.2. The maximum Gasteiger partial charge on any atom is 0.331 e. The van der Waals surface area contributed by atoms with Crippen molar-refractivity contribution in [2.24, 2.45) is 0 Å². The molecular formula is C13H15O4S-. The molecule has 0 fully saturated rings. The highest BCUT2D eigenvalue weighted by Crippen LogP contribution is 2.11. The van der Waals surface area contributed by atoms with Crippen LogP contribution in [0.3, 0.4) is 0 Å². The monoisotopic (exact) mass is 267 g/mol. The molecule has 0 radical (unpaired) electrons. The van der Waals surface area contributed by atoms with Crippen LogP contribution in [-0.2, 0) is 20.6 Å². The summed E-state index contributed by atoms with van der Waals surface area (Å²) in [5.74, 6) is -0.462. The number of carbonyl (C=O) groups is 1. The van der Waals surface area contributed by atoms with E-state index in [1.54, 1.807) is 32.9 Å². The molecule has 0 aliphatic rings. The van der Waals surface area contributed by atoms with Crippen molar-refractivity contribution in [3.63, 3.8) is 0 Å². The second kappa shape index (κ2) is 5.93. The van der Waals surface area contributed by atoms with E-state index < -0.39 is 22.7 Å². The molecule has 0 amide bonds. The fourth-order valence-corrected chi connectivity index (χ4v) is 1.64. The van der Waals surface area contributed by atoms with Gasteiger partial charge in [0.2, 0.25) is 0 Å². The Morgan fingerprint density at radius 3 is 2.61 bits per heavy atom. The third kappa shape index (κ3) is 5.25. The largest absolute Gasteiger partial charge is 0.768 e. The molecular weight excluding hydrogens is 252 g/mol. The van der Waals surface area contributed by atoms with Gasteiger partial charge in [-0.25, -0.2) is 4.79 Å². The molecule has 0 saturated carbocycles. The van der Waals surface area contributed by atoms with E-state index in [0.29, 0.717) is 5.56 Å². The summed E-state index contributed by atoms with van der Waals surface area (Å²) in [6, 6.07) is 6.27. The van der Waals surface area contributed by atoms with Gasteiger partial charge < -0.3 is 9.29 Å². The molecule has 1 atom stereocenters. The third-order valence-electron chi connectivity index (χ3n) is 1.87. The lowest BCUT2D eigenvalue weighted by Crippen LogP contribution is -2.22. The van der Waals surface area contributed by atoms with Gasteiger partial charge in [0, 0.05) is 11.0 Å². The van der Waals surface area contributed by atoms with Gasteiger partial charge in [-0.3, -0.25) is 4.21 Å². The van der Waals surface area contributed by atoms with Crippen molar-refractivity contribution in [1.82, 2.24) is 0 Å². The normalized spacial score (nSPS) is 13.6. The first-order valence-electron chi connectivity index (χ1n) is 5.38. The van der Waals surface area contributed by atoms with Gasteiger partial charge in [0.25, 0.3) is 0 Å². The summed E-state index contributed by atoms with van der Waals surface area (Å²) in [5.41, 5.74) is 0.0855. The maximum absolute atomic E-state index is 11.4. The van der Waals surface area contributed by atoms with Crippen molar-refractivity contribution in [2.45, 2.75) is 31.3 Å². The highest BCUT2D eigenvalue weighted by molar-refractivity contribution is 7.79. The first-order valence-corrected chi connectivity index (χ1v) is 6.46. The number of ether oxygens (including phenoxy) is 1. The van der Waals surface area contributed by atoms with Crippen molar-refractivity contribution < 1.29 is 18.3 Å². The van der Waals surface area contributed by atoms with Crippen molar-refractivity contribution >= 4 is 23.1 Å². The fourth-order valence-electron chi connectivity index (χ4n) is 1.22. The van der Waals surface area contributed by atoms with Crippen LogP contribution in [-0.4, -0.2) is 20.3 Å². The topological polar surface area (TPSA) is 66.4 Å². The average Bonchev–Trinajstić information content (AvgIpc) is 2.24. The molecule has 1 unspecified atom stereocenters. The van der Waals surface area contributed by atoms with Crippen LogP contribution in [0.5, 0.6) is 0 Å². The fraction of sp³-hybridized carbons (Fsp3) is 0.308. The quantitative estimate of drug-likeness (QED) is 0.478. The number of hydrogen-bond donors (Lipinski definition) is 0. The van der Waals surface area contributed by atoms with E-state index in [-0.39, 0.29) is 4.90 Å². The Balaban J connectivity index is 2.76. The number of esters is 1. The molecule has 5 heteroatoms. The van der Waals surface area contributed by atoms with Gasteiger partial charge in [-0.2, -0.15) is 0 Å². The first kappa shape index (κ1) is 14.6. The molecule has 0 saturated heterocycles. The average molecular weight is 267 g/mol. The molecule has 1 rings (SSSR count). The summed E-state index contributed by atoms with van der Waals surface area (Å²) in [6.07, 6.45) is 2.79. The minimum atomic E-state index is -2.27. The van der Waals surface area contributed by atoms with Crippen molar-refractivity contribution in [3.8, 4) is 0 Å². The molecule has 4 nitrogen and oxygen atoms in total. The van der Waals surface area contributed by atoms with E-state index >= 15 is 0 Å². The number of hydrogen-bond acceptors (Lipinski definition) is 4. The van der Waals surface area contributed by atoms with Crippen molar-refractivity contribution in [3.05, 3.63) is 35.9 Å². The lowest BCUT2D eigenvalue weighted by molar-refractivity contribution is -0.148. The summed E-state index contributed by atoms with van der Waals surface area (Å²) in [4.78, 5) is 11.6. The molecule has 1 aromatic carbocycles. The van der Waals surface area contributed by atoms with E-state index in [9.17, 15) is 13.6 Å². The summed E-state index contributed by atoms with van der Waals surface area (Å²) < 4.78 is 26.6. The lowest BCUT2D eigenvalue weighted by Gasteiger charge is -2.17. The summed E-state index contributed by atoms with van der Waals surface area (Å²) in [6.45, 7) is 5.33. The smallest absolute Gasteiger partial charge is 0.331 e. The Hall–Kier alpha value is -1.46. The number of carbonyl (C=O) groups excluding carboxylic acids is 1. The van der Waals surface area contributed by atoms with Crippen LogP contribution in [0.2, 0.25) is 0 Å². The van der Waals surface area contributed by atoms with E-state index in [1.807, 2.05) is 0 Å². The maximum atomic E-state index is 11.4. The Bertz CT molecular complexity index is 486. The SMILES string of the molecule is CC(C)(C)OC(=O)/C=C/c1cccc(S(=O)[O-])c1. The van der Waals surface area contributed by atoms with Crippen LogP contribution in [0.15, 0.2) is 35.2 Å². The highest BCUT2D eigenvalue weighted by Gasteiger charge is 2.13. The molecule has 0 aromatic heterocycles. The van der Waals surface area contributed by atoms with Gasteiger partial charge in [-0.15, -0.1) is 0 Å². The first-order chi connectivity index (χ1) is 8.28. The van der Waals surface area contributed by atoms with E-state index in [4.69, 9.17) is 4.74 Å². The summed E-state index contributed by atoms with van der Waals surface area (Å²) in [7, 11) is 0. The Morgan fingerprint density at radius 2 is 2.06 bits per heavy atom. The van der Waals surface area contributed by atoms with Crippen LogP contribution in [0.4, 0.5) is 0 Å². The second-order valence-electron chi connectivity index (χ2n) is 4.67. The van der Waals surface area contributed by atoms with Crippen LogP contribution < -0.4 is 0 Å². The predicted molar refractivity (Wildman–Crippen MR) is 68.5 cm³/mol. The Morgan fingerprint density at radius 1 is 1.39 bits per heavy atom. The van der Waals surface area contributed by atoms with Gasteiger partial charge in [-0.05, 0) is 55.6 Å². The molecule has 1 aromatic rings. The van der Waals surface area contributed by atoms with Crippen molar-refractivity contribution in [1.29, 1.82) is 0 Å². The standard InChI is InChI=1S/C13H16O4S/c1-13(2,3)17-12(14)8-7-10-5-4-6-11(9-10)18(15)16/h4-9H,1-3H3,(H,15,16)/p-1/b8-7+. The highest BCUT2D eigenvalue weighted by atomic mass is 32.2. The zero-order chi connectivity index (χ0) is 13.8. The predicted octanol–water partition coefficient (Wildman–Crippen LogP) is 2.28. The number of benzene rings is 1. The Kier molecular flexibility index (Phi) is 4.81. The summed E-state index contributed by atoms with van der Waals surface area (Å²) in [5, 5.41) is 0. The van der Waals surface area contributed by atoms with E-state index in [2.05, 4.69) is 0 Å². The summed E-state index contributed by atoms with van der Waals surface area (Å²) >= 11 is -2.27. The molecule has 0 bridgehead atoms. The van der Waals surface area contributed by atoms with Crippen LogP contribution >= 0.6 is 0 Å². The second-order valence-corrected chi connectivity index (χ2v) is 5.61. The zero-order valence-corrected chi connectivity index (χ0v) is 11.3. The molecule has 0 N–H and O–H groups in total. The Labute approximate surface area is 109 Å². The molecule has 0 heterocycles. The van der Waals surface area contributed by atoms with E-state index in [1.165, 1.54) is 24.3 Å². The molecule has 0 aliphatic heterocycles. The van der Waals surface area contributed by atoms with Crippen LogP contribution in [0.1, 0.15) is 26.3 Å². The number of rotatable bonds is 3. The molecule has 18 heavy (non-hydrogen) atoms. The van der Waals surface area contributed by atoms with Crippen molar-refractivity contribution in [2.75, 3.05) is 0 Å². The van der Waals surface area contributed by atoms with Gasteiger partial charge in [0.1, 0.15) is 5.60 Å². The minimum absolute atomic E-state index is 0.182. The molecule has 0 spiro atoms. The van der Waals surface area contributed by atoms with Gasteiger partial charge in [0.15, 0.2) is 0 Å². The van der Waals surface area contributed by atoms with Gasteiger partial charge in [-0.1, -0.05) is 12.1 Å².